The van der Waals surface area contributed by atoms with Crippen LogP contribution in [0.3, 0.4) is 0 Å². The van der Waals surface area contributed by atoms with Gasteiger partial charge in [-0.1, -0.05) is 129 Å². The summed E-state index contributed by atoms with van der Waals surface area (Å²) >= 11 is 0. The van der Waals surface area contributed by atoms with Gasteiger partial charge in [-0.3, -0.25) is 0 Å². The molecule has 0 aromatic carbocycles. The van der Waals surface area contributed by atoms with Gasteiger partial charge in [-0.05, 0) is 12.8 Å². The third kappa shape index (κ3) is 23.3. The van der Waals surface area contributed by atoms with Crippen molar-refractivity contribution >= 4 is 0 Å². The average molecular weight is 871 g/mol. The topological polar surface area (TPSA) is 236 Å². The molecule has 2 fully saturated rings. The summed E-state index contributed by atoms with van der Waals surface area (Å²) in [5.41, 5.74) is 0. The smallest absolute Gasteiger partial charge is 0.187 e. The molecule has 0 spiro atoms. The molecule has 0 aliphatic carbocycles. The molecule has 16 nitrogen and oxygen atoms in total. The number of rotatable bonds is 39. The summed E-state index contributed by atoms with van der Waals surface area (Å²) in [6.45, 7) is 4.80. The molecule has 0 saturated carbocycles. The molecule has 60 heavy (non-hydrogen) atoms. The fourth-order valence-electron chi connectivity index (χ4n) is 7.35. The Bertz CT molecular complexity index is 891. The molecule has 2 saturated heterocycles. The molecule has 0 amide bonds. The average Bonchev–Trinajstić information content (AvgIpc) is 3.25. The van der Waals surface area contributed by atoms with Crippen molar-refractivity contribution in [1.29, 1.82) is 0 Å². The third-order valence-electron chi connectivity index (χ3n) is 11.2. The van der Waals surface area contributed by atoms with E-state index in [9.17, 15) is 40.9 Å². The van der Waals surface area contributed by atoms with Crippen LogP contribution < -0.4 is 0 Å². The van der Waals surface area contributed by atoms with Gasteiger partial charge in [0.1, 0.15) is 61.0 Å². The van der Waals surface area contributed by atoms with Crippen LogP contribution in [-0.4, -0.2) is 181 Å². The fourth-order valence-corrected chi connectivity index (χ4v) is 7.35. The van der Waals surface area contributed by atoms with Gasteiger partial charge in [-0.2, -0.15) is 0 Å². The first-order valence-electron chi connectivity index (χ1n) is 23.4. The first kappa shape index (κ1) is 55.5. The second kappa shape index (κ2) is 35.7. The van der Waals surface area contributed by atoms with Crippen LogP contribution in [0, 0.1) is 0 Å². The van der Waals surface area contributed by atoms with Crippen LogP contribution in [0.4, 0.5) is 0 Å². The van der Waals surface area contributed by atoms with Crippen LogP contribution in [0.25, 0.3) is 0 Å². The van der Waals surface area contributed by atoms with E-state index in [1.54, 1.807) is 0 Å². The Balaban J connectivity index is 1.83. The molecule has 8 N–H and O–H groups in total. The Kier molecular flexibility index (Phi) is 33.0. The lowest BCUT2D eigenvalue weighted by molar-refractivity contribution is -0.317. The highest BCUT2D eigenvalue weighted by atomic mass is 16.7. The second-order valence-electron chi connectivity index (χ2n) is 16.6. The highest BCUT2D eigenvalue weighted by Crippen LogP contribution is 2.25. The first-order valence-corrected chi connectivity index (χ1v) is 23.4. The van der Waals surface area contributed by atoms with Gasteiger partial charge in [0.05, 0.1) is 52.9 Å². The Morgan fingerprint density at radius 1 is 0.367 bits per heavy atom. The number of aliphatic hydroxyl groups is 8. The summed E-state index contributed by atoms with van der Waals surface area (Å²) in [5, 5.41) is 81.3. The maximum absolute atomic E-state index is 10.6. The van der Waals surface area contributed by atoms with Gasteiger partial charge >= 0.3 is 0 Å². The molecular formula is C44H86O16. The Morgan fingerprint density at radius 2 is 0.650 bits per heavy atom. The van der Waals surface area contributed by atoms with Gasteiger partial charge in [-0.15, -0.1) is 0 Å². The van der Waals surface area contributed by atoms with Crippen molar-refractivity contribution in [1.82, 2.24) is 0 Å². The van der Waals surface area contributed by atoms with Gasteiger partial charge in [0.15, 0.2) is 12.6 Å². The van der Waals surface area contributed by atoms with Crippen molar-refractivity contribution < 1.29 is 78.7 Å². The van der Waals surface area contributed by atoms with E-state index < -0.39 is 86.8 Å². The molecule has 16 heteroatoms. The molecule has 12 atom stereocenters. The molecular weight excluding hydrogens is 784 g/mol. The van der Waals surface area contributed by atoms with E-state index in [2.05, 4.69) is 13.8 Å². The zero-order valence-electron chi connectivity index (χ0n) is 37.0. The Labute approximate surface area is 360 Å². The number of hydrogen-bond acceptors (Lipinski definition) is 16. The number of ether oxygens (including phenoxy) is 8. The van der Waals surface area contributed by atoms with Crippen molar-refractivity contribution in [3.8, 4) is 0 Å². The second-order valence-corrected chi connectivity index (χ2v) is 16.6. The molecule has 2 aliphatic rings. The minimum atomic E-state index is -1.58. The number of unbranched alkanes of at least 4 members (excludes halogenated alkanes) is 18. The minimum absolute atomic E-state index is 0.0170. The van der Waals surface area contributed by atoms with Gasteiger partial charge in [0.25, 0.3) is 0 Å². The zero-order valence-corrected chi connectivity index (χ0v) is 37.0. The summed E-state index contributed by atoms with van der Waals surface area (Å²) < 4.78 is 46.6. The van der Waals surface area contributed by atoms with Crippen molar-refractivity contribution in [2.45, 2.75) is 216 Å². The normalized spacial score (nSPS) is 28.3. The third-order valence-corrected chi connectivity index (χ3v) is 11.2. The van der Waals surface area contributed by atoms with E-state index in [4.69, 9.17) is 37.9 Å². The summed E-state index contributed by atoms with van der Waals surface area (Å²) in [4.78, 5) is 0. The van der Waals surface area contributed by atoms with E-state index in [-0.39, 0.29) is 39.6 Å². The van der Waals surface area contributed by atoms with Crippen LogP contribution in [-0.2, 0) is 37.9 Å². The highest BCUT2D eigenvalue weighted by Gasteiger charge is 2.46. The maximum atomic E-state index is 10.6. The number of hydrogen-bond donors (Lipinski definition) is 8. The monoisotopic (exact) mass is 871 g/mol. The predicted octanol–water partition coefficient (Wildman–Crippen LogP) is 3.26. The quantitative estimate of drug-likeness (QED) is 0.0414. The van der Waals surface area contributed by atoms with Crippen LogP contribution in [0.2, 0.25) is 0 Å². The summed E-state index contributed by atoms with van der Waals surface area (Å²) in [7, 11) is 0. The SMILES string of the molecule is CCCCCCCCCCCCOCC(COCCOCC(COCCCCCCCCCCCC)O[C@@H]1OC(CO)[C@@H](O)C(O)[C@@H]1O)O[C@@H]1OC(CO)[C@@H](O)C(O)[C@@H]1O. The lowest BCUT2D eigenvalue weighted by Gasteiger charge is -2.40. The molecule has 2 rings (SSSR count). The largest absolute Gasteiger partial charge is 0.394 e. The highest BCUT2D eigenvalue weighted by molar-refractivity contribution is 4.90. The van der Waals surface area contributed by atoms with Crippen LogP contribution in [0.15, 0.2) is 0 Å². The van der Waals surface area contributed by atoms with Crippen molar-refractivity contribution in [2.75, 3.05) is 66.1 Å². The molecule has 2 aliphatic heterocycles. The molecule has 2 heterocycles. The van der Waals surface area contributed by atoms with Crippen LogP contribution in [0.5, 0.6) is 0 Å². The van der Waals surface area contributed by atoms with Gasteiger partial charge < -0.3 is 78.7 Å². The van der Waals surface area contributed by atoms with E-state index in [0.717, 1.165) is 38.5 Å². The molecule has 358 valence electrons. The van der Waals surface area contributed by atoms with Crippen molar-refractivity contribution in [3.05, 3.63) is 0 Å². The van der Waals surface area contributed by atoms with Crippen molar-refractivity contribution in [3.63, 3.8) is 0 Å². The van der Waals surface area contributed by atoms with Crippen molar-refractivity contribution in [2.24, 2.45) is 0 Å². The lowest BCUT2D eigenvalue weighted by Crippen LogP contribution is -2.60. The van der Waals surface area contributed by atoms with Gasteiger partial charge in [0.2, 0.25) is 0 Å². The Hall–Kier alpha value is -0.640. The van der Waals surface area contributed by atoms with E-state index in [1.165, 1.54) is 89.9 Å². The lowest BCUT2D eigenvalue weighted by atomic mass is 9.99. The molecule has 0 aromatic rings. The van der Waals surface area contributed by atoms with Crippen LogP contribution in [0.1, 0.15) is 142 Å². The molecule has 0 aromatic heterocycles. The van der Waals surface area contributed by atoms with Gasteiger partial charge in [0, 0.05) is 13.2 Å². The molecule has 6 unspecified atom stereocenters. The standard InChI is InChI=1S/C44H86O16/c1-3-5-7-9-11-13-15-17-19-21-23-53-29-33(57-43-41(51)39(49)37(47)35(27-45)59-43)31-55-25-26-56-32-34(58-44-42(52)40(50)38(48)36(28-46)60-44)30-54-24-22-20-18-16-14-12-10-8-6-4-2/h33-52H,3-32H2,1-2H3/t33?,34?,35?,36?,37-,38-,39?,40?,41+,42+,43-,44-/m1/s1. The minimum Gasteiger partial charge on any atom is -0.394 e. The Morgan fingerprint density at radius 3 is 0.950 bits per heavy atom. The summed E-state index contributed by atoms with van der Waals surface area (Å²) in [6.07, 6.45) is 8.27. The maximum Gasteiger partial charge on any atom is 0.187 e. The molecule has 0 radical (unpaired) electrons. The van der Waals surface area contributed by atoms with Crippen LogP contribution >= 0.6 is 0 Å². The fraction of sp³-hybridized carbons (Fsp3) is 1.00. The summed E-state index contributed by atoms with van der Waals surface area (Å²) in [6, 6.07) is 0. The zero-order chi connectivity index (χ0) is 43.8. The molecule has 0 bridgehead atoms. The van der Waals surface area contributed by atoms with E-state index in [1.807, 2.05) is 0 Å². The predicted molar refractivity (Wildman–Crippen MR) is 224 cm³/mol. The number of aliphatic hydroxyl groups excluding tert-OH is 8. The van der Waals surface area contributed by atoms with Gasteiger partial charge in [-0.25, -0.2) is 0 Å². The van der Waals surface area contributed by atoms with E-state index >= 15 is 0 Å². The van der Waals surface area contributed by atoms with E-state index in [0.29, 0.717) is 13.2 Å². The summed E-state index contributed by atoms with van der Waals surface area (Å²) in [5.74, 6) is 0. The first-order chi connectivity index (χ1) is 29.2.